The number of nitrogens with zero attached hydrogens (tertiary/aromatic N) is 2. The number of amides is 2. The zero-order valence-corrected chi connectivity index (χ0v) is 19.9. The van der Waals surface area contributed by atoms with E-state index in [0.717, 1.165) is 19.5 Å². The highest BCUT2D eigenvalue weighted by Crippen LogP contribution is 2.51. The van der Waals surface area contributed by atoms with Crippen LogP contribution in [0.25, 0.3) is 0 Å². The topological polar surface area (TPSA) is 142 Å². The average molecular weight is 483 g/mol. The fraction of sp³-hybridized carbons (Fsp3) is 0.773. The minimum absolute atomic E-state index is 0.0342. The Bertz CT molecular complexity index is 836. The molecule has 4 rings (SSSR count). The summed E-state index contributed by atoms with van der Waals surface area (Å²) in [5.41, 5.74) is 0.0342. The lowest BCUT2D eigenvalue weighted by molar-refractivity contribution is -0.163. The zero-order chi connectivity index (χ0) is 23.9. The van der Waals surface area contributed by atoms with Crippen molar-refractivity contribution in [1.29, 1.82) is 0 Å². The van der Waals surface area contributed by atoms with E-state index in [9.17, 15) is 24.6 Å². The molecule has 0 spiro atoms. The number of aliphatic carboxylic acids is 1. The maximum atomic E-state index is 13.0. The number of nitrogens with one attached hydrogen (secondary N) is 2. The minimum Gasteiger partial charge on any atom is -0.477 e. The Hall–Kier alpha value is -1.66. The van der Waals surface area contributed by atoms with Crippen LogP contribution < -0.4 is 10.6 Å². The number of aliphatic hydroxyl groups is 2. The molecule has 184 valence electrons. The van der Waals surface area contributed by atoms with Crippen molar-refractivity contribution in [2.75, 3.05) is 39.3 Å². The van der Waals surface area contributed by atoms with Crippen molar-refractivity contribution in [3.8, 4) is 0 Å². The molecule has 0 saturated carbocycles. The van der Waals surface area contributed by atoms with Gasteiger partial charge in [-0.2, -0.15) is 0 Å². The van der Waals surface area contributed by atoms with Gasteiger partial charge in [0, 0.05) is 42.3 Å². The SMILES string of the molecule is C[C@@H](O)[C@H]1C(=O)N2C(C(=O)O)=C(S[C@@H]3CN[C@H](C(=O)N4CC[C@@H](CNCCO)C4)C3)[C@H](C)[C@H]12. The molecule has 4 aliphatic rings. The third kappa shape index (κ3) is 4.53. The fourth-order valence-corrected chi connectivity index (χ4v) is 7.12. The molecule has 0 aromatic rings. The number of fused-ring (bicyclic) bond motifs is 1. The van der Waals surface area contributed by atoms with Crippen molar-refractivity contribution in [3.63, 3.8) is 0 Å². The summed E-state index contributed by atoms with van der Waals surface area (Å²) >= 11 is 1.46. The monoisotopic (exact) mass is 482 g/mol. The van der Waals surface area contributed by atoms with Crippen LogP contribution in [0.1, 0.15) is 26.7 Å². The zero-order valence-electron chi connectivity index (χ0n) is 19.1. The van der Waals surface area contributed by atoms with E-state index in [-0.39, 0.29) is 47.4 Å². The largest absolute Gasteiger partial charge is 0.477 e. The maximum absolute atomic E-state index is 13.0. The minimum atomic E-state index is -1.12. The van der Waals surface area contributed by atoms with Gasteiger partial charge in [-0.1, -0.05) is 6.92 Å². The van der Waals surface area contributed by atoms with Crippen molar-refractivity contribution in [3.05, 3.63) is 10.6 Å². The maximum Gasteiger partial charge on any atom is 0.353 e. The number of rotatable bonds is 9. The van der Waals surface area contributed by atoms with E-state index in [1.54, 1.807) is 6.92 Å². The number of likely N-dealkylation sites (tertiary alicyclic amines) is 1. The molecule has 2 amide bonds. The molecule has 4 heterocycles. The van der Waals surface area contributed by atoms with Crippen molar-refractivity contribution in [2.45, 2.75) is 50.1 Å². The van der Waals surface area contributed by atoms with Gasteiger partial charge in [-0.15, -0.1) is 11.8 Å². The first-order chi connectivity index (χ1) is 15.7. The Balaban J connectivity index is 1.36. The van der Waals surface area contributed by atoms with Crippen LogP contribution in [0.2, 0.25) is 0 Å². The van der Waals surface area contributed by atoms with Crippen molar-refractivity contribution in [1.82, 2.24) is 20.4 Å². The van der Waals surface area contributed by atoms with Crippen molar-refractivity contribution < 1.29 is 29.7 Å². The van der Waals surface area contributed by atoms with E-state index in [2.05, 4.69) is 10.6 Å². The van der Waals surface area contributed by atoms with Crippen LogP contribution in [0.15, 0.2) is 10.6 Å². The lowest BCUT2D eigenvalue weighted by Gasteiger charge is -2.46. The number of thioether (sulfide) groups is 1. The number of β-lactam (4-membered cyclic amide) rings is 1. The van der Waals surface area contributed by atoms with Gasteiger partial charge in [0.1, 0.15) is 5.70 Å². The predicted octanol–water partition coefficient (Wildman–Crippen LogP) is -0.966. The molecule has 0 unspecified atom stereocenters. The van der Waals surface area contributed by atoms with Crippen LogP contribution in [0.4, 0.5) is 0 Å². The van der Waals surface area contributed by atoms with Crippen LogP contribution in [0.3, 0.4) is 0 Å². The van der Waals surface area contributed by atoms with E-state index < -0.39 is 18.0 Å². The average Bonchev–Trinajstić information content (AvgIpc) is 3.47. The van der Waals surface area contributed by atoms with E-state index in [0.29, 0.717) is 36.9 Å². The molecule has 4 aliphatic heterocycles. The highest BCUT2D eigenvalue weighted by molar-refractivity contribution is 8.03. The number of carbonyl (C=O) groups is 3. The van der Waals surface area contributed by atoms with Crippen LogP contribution in [0.5, 0.6) is 0 Å². The second-order valence-electron chi connectivity index (χ2n) is 9.57. The first-order valence-electron chi connectivity index (χ1n) is 11.7. The van der Waals surface area contributed by atoms with Gasteiger partial charge >= 0.3 is 5.97 Å². The van der Waals surface area contributed by atoms with Crippen molar-refractivity contribution >= 4 is 29.5 Å². The molecule has 3 saturated heterocycles. The second-order valence-corrected chi connectivity index (χ2v) is 10.9. The van der Waals surface area contributed by atoms with Gasteiger partial charge < -0.3 is 35.8 Å². The lowest BCUT2D eigenvalue weighted by Crippen LogP contribution is -2.63. The molecular formula is C22H34N4O6S. The molecule has 3 fully saturated rings. The first-order valence-corrected chi connectivity index (χ1v) is 12.6. The molecule has 0 bridgehead atoms. The summed E-state index contributed by atoms with van der Waals surface area (Å²) in [5, 5.41) is 35.2. The van der Waals surface area contributed by atoms with Crippen LogP contribution in [-0.4, -0.2) is 106 Å². The predicted molar refractivity (Wildman–Crippen MR) is 122 cm³/mol. The molecule has 10 nitrogen and oxygen atoms in total. The molecule has 0 aromatic heterocycles. The summed E-state index contributed by atoms with van der Waals surface area (Å²) < 4.78 is 0. The standard InChI is InChI=1S/C22H34N4O6S/c1-11-17-16(12(2)28)21(30)26(17)18(22(31)32)19(11)33-14-7-15(24-9-14)20(29)25-5-3-13(10-25)8-23-4-6-27/h11-17,23-24,27-28H,3-10H2,1-2H3,(H,31,32)/t11-,12-,13+,14+,15+,16-,17-/m1/s1. The molecular weight excluding hydrogens is 448 g/mol. The summed E-state index contributed by atoms with van der Waals surface area (Å²) in [4.78, 5) is 41.4. The van der Waals surface area contributed by atoms with Gasteiger partial charge in [-0.05, 0) is 32.2 Å². The van der Waals surface area contributed by atoms with E-state index >= 15 is 0 Å². The summed E-state index contributed by atoms with van der Waals surface area (Å²) in [7, 11) is 0. The number of carboxylic acid groups (broad SMARTS) is 1. The molecule has 0 aliphatic carbocycles. The van der Waals surface area contributed by atoms with E-state index in [1.165, 1.54) is 16.7 Å². The van der Waals surface area contributed by atoms with Gasteiger partial charge in [-0.25, -0.2) is 4.79 Å². The Labute approximate surface area is 197 Å². The van der Waals surface area contributed by atoms with Gasteiger partial charge in [0.05, 0.1) is 30.7 Å². The molecule has 7 atom stereocenters. The Morgan fingerprint density at radius 2 is 2.12 bits per heavy atom. The van der Waals surface area contributed by atoms with Gasteiger partial charge in [0.2, 0.25) is 11.8 Å². The normalized spacial score (nSPS) is 34.6. The quantitative estimate of drug-likeness (QED) is 0.207. The number of carbonyl (C=O) groups excluding carboxylic acids is 2. The highest BCUT2D eigenvalue weighted by atomic mass is 32.2. The van der Waals surface area contributed by atoms with E-state index in [4.69, 9.17) is 5.11 Å². The highest BCUT2D eigenvalue weighted by Gasteiger charge is 2.60. The van der Waals surface area contributed by atoms with Gasteiger partial charge in [0.15, 0.2) is 0 Å². The third-order valence-corrected chi connectivity index (χ3v) is 8.82. The summed E-state index contributed by atoms with van der Waals surface area (Å²) in [6.45, 7) is 6.96. The van der Waals surface area contributed by atoms with Crippen molar-refractivity contribution in [2.24, 2.45) is 17.8 Å². The molecule has 33 heavy (non-hydrogen) atoms. The second kappa shape index (κ2) is 9.91. The Kier molecular flexibility index (Phi) is 7.35. The Morgan fingerprint density at radius 3 is 2.79 bits per heavy atom. The van der Waals surface area contributed by atoms with Gasteiger partial charge in [0.25, 0.3) is 0 Å². The lowest BCUT2D eigenvalue weighted by atomic mass is 9.79. The summed E-state index contributed by atoms with van der Waals surface area (Å²) in [6, 6.07) is -0.611. The van der Waals surface area contributed by atoms with Gasteiger partial charge in [-0.3, -0.25) is 9.59 Å². The Morgan fingerprint density at radius 1 is 1.36 bits per heavy atom. The molecule has 5 N–H and O–H groups in total. The summed E-state index contributed by atoms with van der Waals surface area (Å²) in [6.07, 6.45) is 0.727. The number of hydrogen-bond acceptors (Lipinski definition) is 8. The van der Waals surface area contributed by atoms with Crippen LogP contribution in [-0.2, 0) is 14.4 Å². The third-order valence-electron chi connectivity index (χ3n) is 7.31. The summed E-state index contributed by atoms with van der Waals surface area (Å²) in [5.74, 6) is -1.72. The molecule has 0 aromatic carbocycles. The number of hydrogen-bond donors (Lipinski definition) is 5. The fourth-order valence-electron chi connectivity index (χ4n) is 5.64. The smallest absolute Gasteiger partial charge is 0.353 e. The number of aliphatic hydroxyl groups excluding tert-OH is 2. The first kappa shape index (κ1) is 24.5. The van der Waals surface area contributed by atoms with Crippen LogP contribution in [0, 0.1) is 17.8 Å². The molecule has 11 heteroatoms. The van der Waals surface area contributed by atoms with E-state index in [1.807, 2.05) is 11.8 Å². The van der Waals surface area contributed by atoms with Crippen LogP contribution >= 0.6 is 11.8 Å². The molecule has 0 radical (unpaired) electrons. The number of carboxylic acids is 1.